The average Bonchev–Trinajstić information content (AvgIpc) is 3.02. The van der Waals surface area contributed by atoms with Gasteiger partial charge in [-0.05, 0) is 31.4 Å². The number of aliphatic hydroxyl groups excluding tert-OH is 1. The molecule has 142 valence electrons. The highest BCUT2D eigenvalue weighted by molar-refractivity contribution is 14.0. The zero-order valence-corrected chi connectivity index (χ0v) is 17.4. The van der Waals surface area contributed by atoms with E-state index >= 15 is 0 Å². The molecular weight excluding hydrogens is 460 g/mol. The van der Waals surface area contributed by atoms with Crippen molar-refractivity contribution >= 4 is 41.5 Å². The van der Waals surface area contributed by atoms with Crippen LogP contribution in [0, 0.1) is 11.2 Å². The van der Waals surface area contributed by atoms with E-state index in [0.29, 0.717) is 49.1 Å². The molecule has 0 aliphatic carbocycles. The van der Waals surface area contributed by atoms with Crippen molar-refractivity contribution in [3.8, 4) is 0 Å². The normalized spacial score (nSPS) is 20.2. The Balaban J connectivity index is 0.00000312. The van der Waals surface area contributed by atoms with Crippen LogP contribution in [0.25, 0.3) is 0 Å². The third-order valence-electron chi connectivity index (χ3n) is 4.41. The molecule has 25 heavy (non-hydrogen) atoms. The van der Waals surface area contributed by atoms with Gasteiger partial charge in [0.25, 0.3) is 0 Å². The number of ether oxygens (including phenoxy) is 1. The van der Waals surface area contributed by atoms with E-state index < -0.39 is 0 Å². The molecule has 0 bridgehead atoms. The van der Waals surface area contributed by atoms with Crippen LogP contribution < -0.4 is 10.6 Å². The van der Waals surface area contributed by atoms with Gasteiger partial charge in [-0.3, -0.25) is 4.99 Å². The topological polar surface area (TPSA) is 65.9 Å². The van der Waals surface area contributed by atoms with Crippen LogP contribution in [0.4, 0.5) is 4.39 Å². The van der Waals surface area contributed by atoms with Crippen molar-refractivity contribution in [1.29, 1.82) is 0 Å². The Bertz CT molecular complexity index is 549. The van der Waals surface area contributed by atoms with Gasteiger partial charge >= 0.3 is 0 Å². The molecule has 0 radical (unpaired) electrons. The first-order valence-corrected chi connectivity index (χ1v) is 8.54. The minimum Gasteiger partial charge on any atom is -0.396 e. The molecule has 1 fully saturated rings. The Morgan fingerprint density at radius 2 is 2.24 bits per heavy atom. The van der Waals surface area contributed by atoms with Gasteiger partial charge in [-0.25, -0.2) is 4.39 Å². The van der Waals surface area contributed by atoms with Gasteiger partial charge in [-0.15, -0.1) is 24.0 Å². The van der Waals surface area contributed by atoms with E-state index in [4.69, 9.17) is 16.3 Å². The van der Waals surface area contributed by atoms with Crippen molar-refractivity contribution in [2.24, 2.45) is 10.4 Å². The zero-order valence-electron chi connectivity index (χ0n) is 14.4. The minimum absolute atomic E-state index is 0. The Morgan fingerprint density at radius 1 is 1.44 bits per heavy atom. The molecule has 0 saturated carbocycles. The summed E-state index contributed by atoms with van der Waals surface area (Å²) in [5.74, 6) is 0.351. The van der Waals surface area contributed by atoms with Gasteiger partial charge in [0.05, 0.1) is 6.61 Å². The Kier molecular flexibility index (Phi) is 9.99. The van der Waals surface area contributed by atoms with Crippen LogP contribution in [-0.2, 0) is 11.2 Å². The standard InChI is InChI=1S/C17H25ClFN3O2.HI/c1-20-16(22-11-17(6-9-23)7-10-24-12-17)21-8-5-13-14(18)3-2-4-15(13)19;/h2-4,23H,5-12H2,1H3,(H2,20,21,22);1H. The number of halogens is 3. The largest absolute Gasteiger partial charge is 0.396 e. The van der Waals surface area contributed by atoms with E-state index in [2.05, 4.69) is 15.6 Å². The fourth-order valence-electron chi connectivity index (χ4n) is 2.88. The van der Waals surface area contributed by atoms with Crippen molar-refractivity contribution in [3.05, 3.63) is 34.6 Å². The summed E-state index contributed by atoms with van der Waals surface area (Å²) < 4.78 is 19.2. The lowest BCUT2D eigenvalue weighted by Crippen LogP contribution is -2.45. The lowest BCUT2D eigenvalue weighted by molar-refractivity contribution is 0.127. The van der Waals surface area contributed by atoms with Gasteiger partial charge in [-0.1, -0.05) is 17.7 Å². The van der Waals surface area contributed by atoms with Gasteiger partial charge in [0.15, 0.2) is 5.96 Å². The molecule has 0 amide bonds. The SMILES string of the molecule is CN=C(NCCc1c(F)cccc1Cl)NCC1(CCO)CCOC1.I. The molecular formula is C17H26ClFIN3O2. The fourth-order valence-corrected chi connectivity index (χ4v) is 3.14. The second-order valence-electron chi connectivity index (χ2n) is 6.08. The quantitative estimate of drug-likeness (QED) is 0.316. The van der Waals surface area contributed by atoms with E-state index in [1.165, 1.54) is 6.07 Å². The van der Waals surface area contributed by atoms with Crippen LogP contribution in [0.1, 0.15) is 18.4 Å². The van der Waals surface area contributed by atoms with Crippen LogP contribution in [0.5, 0.6) is 0 Å². The average molecular weight is 486 g/mol. The van der Waals surface area contributed by atoms with Crippen LogP contribution in [-0.4, -0.2) is 51.0 Å². The maximum Gasteiger partial charge on any atom is 0.191 e. The smallest absolute Gasteiger partial charge is 0.191 e. The predicted octanol–water partition coefficient (Wildman–Crippen LogP) is 2.59. The molecule has 1 atom stereocenters. The Hall–Kier alpha value is -0.640. The van der Waals surface area contributed by atoms with E-state index in [1.807, 2.05) is 0 Å². The second kappa shape index (κ2) is 11.2. The number of hydrogen-bond acceptors (Lipinski definition) is 3. The van der Waals surface area contributed by atoms with Gasteiger partial charge in [0.2, 0.25) is 0 Å². The second-order valence-corrected chi connectivity index (χ2v) is 6.49. The zero-order chi connectivity index (χ0) is 17.4. The summed E-state index contributed by atoms with van der Waals surface area (Å²) in [4.78, 5) is 4.18. The van der Waals surface area contributed by atoms with Crippen molar-refractivity contribution in [2.75, 3.05) is 40.0 Å². The summed E-state index contributed by atoms with van der Waals surface area (Å²) in [6.45, 7) is 2.70. The summed E-state index contributed by atoms with van der Waals surface area (Å²) in [5.41, 5.74) is 0.448. The predicted molar refractivity (Wildman–Crippen MR) is 109 cm³/mol. The third-order valence-corrected chi connectivity index (χ3v) is 4.76. The van der Waals surface area contributed by atoms with Crippen molar-refractivity contribution in [1.82, 2.24) is 10.6 Å². The van der Waals surface area contributed by atoms with Crippen LogP contribution in [0.15, 0.2) is 23.2 Å². The molecule has 1 aliphatic rings. The number of guanidine groups is 1. The first kappa shape index (κ1) is 22.4. The molecule has 3 N–H and O–H groups in total. The Labute approximate surface area is 170 Å². The van der Waals surface area contributed by atoms with Crippen LogP contribution in [0.3, 0.4) is 0 Å². The highest BCUT2D eigenvalue weighted by atomic mass is 127. The molecule has 1 aromatic rings. The monoisotopic (exact) mass is 485 g/mol. The van der Waals surface area contributed by atoms with E-state index in [1.54, 1.807) is 19.2 Å². The van der Waals surface area contributed by atoms with E-state index in [9.17, 15) is 9.50 Å². The number of aliphatic imine (C=N–C) groups is 1. The molecule has 8 heteroatoms. The lowest BCUT2D eigenvalue weighted by Gasteiger charge is -2.27. The molecule has 0 spiro atoms. The van der Waals surface area contributed by atoms with E-state index in [0.717, 1.165) is 13.0 Å². The van der Waals surface area contributed by atoms with E-state index in [-0.39, 0.29) is 41.8 Å². The number of nitrogens with zero attached hydrogens (tertiary/aromatic N) is 1. The fraction of sp³-hybridized carbons (Fsp3) is 0.588. The van der Waals surface area contributed by atoms with Crippen molar-refractivity contribution < 1.29 is 14.2 Å². The Morgan fingerprint density at radius 3 is 2.84 bits per heavy atom. The first-order valence-electron chi connectivity index (χ1n) is 8.16. The highest BCUT2D eigenvalue weighted by Gasteiger charge is 2.34. The first-order chi connectivity index (χ1) is 11.6. The van der Waals surface area contributed by atoms with Gasteiger partial charge in [0, 0.05) is 49.4 Å². The molecule has 1 heterocycles. The summed E-state index contributed by atoms with van der Waals surface area (Å²) in [5, 5.41) is 16.1. The lowest BCUT2D eigenvalue weighted by atomic mass is 9.84. The molecule has 5 nitrogen and oxygen atoms in total. The molecule has 1 saturated heterocycles. The number of benzene rings is 1. The summed E-state index contributed by atoms with van der Waals surface area (Å²) in [6.07, 6.45) is 2.08. The maximum atomic E-state index is 13.7. The van der Waals surface area contributed by atoms with Crippen molar-refractivity contribution in [2.45, 2.75) is 19.3 Å². The number of hydrogen-bond donors (Lipinski definition) is 3. The number of aliphatic hydroxyl groups is 1. The number of nitrogens with one attached hydrogen (secondary N) is 2. The molecule has 2 rings (SSSR count). The summed E-state index contributed by atoms with van der Waals surface area (Å²) in [7, 11) is 1.69. The van der Waals surface area contributed by atoms with Gasteiger partial charge < -0.3 is 20.5 Å². The highest BCUT2D eigenvalue weighted by Crippen LogP contribution is 2.31. The third kappa shape index (κ3) is 6.54. The molecule has 1 unspecified atom stereocenters. The summed E-state index contributed by atoms with van der Waals surface area (Å²) >= 11 is 6.03. The minimum atomic E-state index is -0.294. The van der Waals surface area contributed by atoms with Crippen LogP contribution >= 0.6 is 35.6 Å². The summed E-state index contributed by atoms with van der Waals surface area (Å²) in [6, 6.07) is 4.69. The van der Waals surface area contributed by atoms with Crippen LogP contribution in [0.2, 0.25) is 5.02 Å². The molecule has 0 aromatic heterocycles. The van der Waals surface area contributed by atoms with Gasteiger partial charge in [0.1, 0.15) is 5.82 Å². The molecule has 1 aliphatic heterocycles. The maximum absolute atomic E-state index is 13.7. The van der Waals surface area contributed by atoms with Crippen molar-refractivity contribution in [3.63, 3.8) is 0 Å². The van der Waals surface area contributed by atoms with Gasteiger partial charge in [-0.2, -0.15) is 0 Å². The molecule has 1 aromatic carbocycles. The number of rotatable bonds is 7.